The summed E-state index contributed by atoms with van der Waals surface area (Å²) in [5.74, 6) is 0. The monoisotopic (exact) mass is 524 g/mol. The third kappa shape index (κ3) is 7.02. The molecule has 0 spiro atoms. The van der Waals surface area contributed by atoms with Crippen molar-refractivity contribution in [2.45, 2.75) is 47.0 Å². The van der Waals surface area contributed by atoms with E-state index >= 15 is 0 Å². The van der Waals surface area contributed by atoms with Gasteiger partial charge in [-0.05, 0) is 64.2 Å². The fourth-order valence-electron chi connectivity index (χ4n) is 4.66. The molecule has 1 aliphatic heterocycles. The van der Waals surface area contributed by atoms with Crippen LogP contribution in [0.25, 0.3) is 0 Å². The first kappa shape index (κ1) is 28.5. The highest BCUT2D eigenvalue weighted by molar-refractivity contribution is 7.98. The van der Waals surface area contributed by atoms with Crippen LogP contribution in [-0.4, -0.2) is 53.7 Å². The van der Waals surface area contributed by atoms with Crippen LogP contribution in [-0.2, 0) is 22.3 Å². The zero-order valence-electron chi connectivity index (χ0n) is 22.3. The largest absolute Gasteiger partial charge is 0.554 e. The van der Waals surface area contributed by atoms with Crippen molar-refractivity contribution in [3.63, 3.8) is 0 Å². The molecule has 2 amide bonds. The number of aliphatic imine (C=N–C) groups is 1. The Labute approximate surface area is 224 Å². The SMILES string of the molecule is CCOC(=O)N(CC)[N+](CC)(SC1=CC(Cc2ccccc2)(Cc2ccccc2)CC=N1)C(=O)OCC. The molecule has 3 rings (SSSR count). The van der Waals surface area contributed by atoms with Gasteiger partial charge < -0.3 is 9.47 Å². The fourth-order valence-corrected chi connectivity index (χ4v) is 5.93. The van der Waals surface area contributed by atoms with E-state index in [-0.39, 0.29) is 31.7 Å². The van der Waals surface area contributed by atoms with Crippen molar-refractivity contribution < 1.29 is 23.1 Å². The number of nitrogens with zero attached hydrogens (tertiary/aromatic N) is 3. The summed E-state index contributed by atoms with van der Waals surface area (Å²) in [7, 11) is 0. The second kappa shape index (κ2) is 13.4. The van der Waals surface area contributed by atoms with Crippen LogP contribution >= 0.6 is 11.9 Å². The number of rotatable bonds is 10. The molecule has 1 heterocycles. The van der Waals surface area contributed by atoms with Gasteiger partial charge in [0.1, 0.15) is 6.54 Å². The van der Waals surface area contributed by atoms with Crippen molar-refractivity contribution in [3.05, 3.63) is 82.9 Å². The Morgan fingerprint density at radius 2 is 1.49 bits per heavy atom. The quantitative estimate of drug-likeness (QED) is 0.194. The van der Waals surface area contributed by atoms with Crippen molar-refractivity contribution >= 4 is 30.3 Å². The normalized spacial score (nSPS) is 15.8. The lowest BCUT2D eigenvalue weighted by molar-refractivity contribution is -0.835. The number of carbonyl (C=O) groups excluding carboxylic acids is 2. The maximum atomic E-state index is 13.4. The zero-order valence-corrected chi connectivity index (χ0v) is 23.1. The molecule has 37 heavy (non-hydrogen) atoms. The van der Waals surface area contributed by atoms with E-state index in [1.54, 1.807) is 13.8 Å². The number of amides is 2. The second-order valence-corrected chi connectivity index (χ2v) is 10.1. The van der Waals surface area contributed by atoms with Crippen molar-refractivity contribution in [2.24, 2.45) is 10.4 Å². The number of ether oxygens (including phenoxy) is 2. The van der Waals surface area contributed by atoms with Crippen molar-refractivity contribution in [1.29, 1.82) is 0 Å². The Morgan fingerprint density at radius 3 is 1.97 bits per heavy atom. The Balaban J connectivity index is 2.05. The third-order valence-corrected chi connectivity index (χ3v) is 7.66. The molecule has 1 unspecified atom stereocenters. The molecule has 1 aliphatic rings. The van der Waals surface area contributed by atoms with E-state index in [4.69, 9.17) is 14.5 Å². The van der Waals surface area contributed by atoms with Crippen molar-refractivity contribution in [1.82, 2.24) is 5.01 Å². The molecule has 0 bridgehead atoms. The van der Waals surface area contributed by atoms with Crippen LogP contribution in [0.1, 0.15) is 45.2 Å². The minimum absolute atomic E-state index is 0.202. The van der Waals surface area contributed by atoms with Crippen LogP contribution in [0.4, 0.5) is 9.59 Å². The first-order valence-electron chi connectivity index (χ1n) is 12.9. The van der Waals surface area contributed by atoms with Crippen molar-refractivity contribution in [3.8, 4) is 0 Å². The highest BCUT2D eigenvalue weighted by Crippen LogP contribution is 2.43. The van der Waals surface area contributed by atoms with E-state index in [1.165, 1.54) is 28.1 Å². The first-order chi connectivity index (χ1) is 17.9. The van der Waals surface area contributed by atoms with Gasteiger partial charge in [0.05, 0.1) is 19.8 Å². The molecule has 0 saturated carbocycles. The minimum Gasteiger partial charge on any atom is -0.447 e. The van der Waals surface area contributed by atoms with Gasteiger partial charge in [-0.15, -0.1) is 5.01 Å². The van der Waals surface area contributed by atoms with E-state index in [2.05, 4.69) is 54.6 Å². The molecule has 7 nitrogen and oxygen atoms in total. The van der Waals surface area contributed by atoms with E-state index in [0.717, 1.165) is 19.3 Å². The van der Waals surface area contributed by atoms with Gasteiger partial charge in [0.15, 0.2) is 17.0 Å². The van der Waals surface area contributed by atoms with Crippen LogP contribution in [0.5, 0.6) is 0 Å². The van der Waals surface area contributed by atoms with Gasteiger partial charge in [-0.25, -0.2) is 9.79 Å². The summed E-state index contributed by atoms with van der Waals surface area (Å²) >= 11 is 1.22. The molecule has 0 N–H and O–H groups in total. The zero-order chi connectivity index (χ0) is 26.7. The molecule has 1 atom stereocenters. The van der Waals surface area contributed by atoms with Gasteiger partial charge in [0.25, 0.3) is 0 Å². The van der Waals surface area contributed by atoms with Crippen LogP contribution in [0.2, 0.25) is 0 Å². The molecule has 0 aliphatic carbocycles. The maximum absolute atomic E-state index is 13.4. The van der Waals surface area contributed by atoms with Crippen LogP contribution in [0.15, 0.2) is 76.8 Å². The van der Waals surface area contributed by atoms with E-state index in [1.807, 2.05) is 32.2 Å². The highest BCUT2D eigenvalue weighted by atomic mass is 32.2. The topological polar surface area (TPSA) is 68.2 Å². The summed E-state index contributed by atoms with van der Waals surface area (Å²) in [4.78, 5) is 31.1. The lowest BCUT2D eigenvalue weighted by Crippen LogP contribution is -2.61. The second-order valence-electron chi connectivity index (χ2n) is 8.91. The number of allylic oxidation sites excluding steroid dienone is 1. The van der Waals surface area contributed by atoms with E-state index in [0.29, 0.717) is 5.03 Å². The van der Waals surface area contributed by atoms with Gasteiger partial charge >= 0.3 is 12.2 Å². The Bertz CT molecular complexity index is 1050. The predicted molar refractivity (Wildman–Crippen MR) is 149 cm³/mol. The molecular weight excluding hydrogens is 486 g/mol. The Morgan fingerprint density at radius 1 is 0.919 bits per heavy atom. The first-order valence-corrected chi connectivity index (χ1v) is 13.7. The van der Waals surface area contributed by atoms with E-state index < -0.39 is 16.2 Å². The van der Waals surface area contributed by atoms with E-state index in [9.17, 15) is 9.59 Å². The molecule has 0 fully saturated rings. The Hall–Kier alpha value is -3.10. The average molecular weight is 525 g/mol. The van der Waals surface area contributed by atoms with Gasteiger partial charge in [-0.3, -0.25) is 0 Å². The number of hydrogen-bond acceptors (Lipinski definition) is 6. The molecule has 2 aromatic carbocycles. The molecule has 0 aromatic heterocycles. The fraction of sp³-hybridized carbons (Fsp3) is 0.414. The highest BCUT2D eigenvalue weighted by Gasteiger charge is 2.51. The van der Waals surface area contributed by atoms with Gasteiger partial charge in [-0.2, -0.15) is 4.79 Å². The average Bonchev–Trinajstić information content (AvgIpc) is 2.90. The minimum atomic E-state index is -0.562. The lowest BCUT2D eigenvalue weighted by atomic mass is 9.73. The van der Waals surface area contributed by atoms with Crippen molar-refractivity contribution in [2.75, 3.05) is 26.3 Å². The summed E-state index contributed by atoms with van der Waals surface area (Å²) in [5, 5.41) is 2.09. The third-order valence-electron chi connectivity index (χ3n) is 6.34. The molecule has 2 aromatic rings. The molecular formula is C29H38N3O4S+. The summed E-state index contributed by atoms with van der Waals surface area (Å²) in [6.45, 7) is 8.17. The summed E-state index contributed by atoms with van der Waals surface area (Å²) in [6.07, 6.45) is 5.43. The molecule has 0 saturated heterocycles. The predicted octanol–water partition coefficient (Wildman–Crippen LogP) is 6.81. The van der Waals surface area contributed by atoms with Crippen LogP contribution < -0.4 is 0 Å². The summed E-state index contributed by atoms with van der Waals surface area (Å²) in [6, 6.07) is 20.8. The molecule has 0 radical (unpaired) electrons. The number of hydrogen-bond donors (Lipinski definition) is 0. The smallest absolute Gasteiger partial charge is 0.447 e. The lowest BCUT2D eigenvalue weighted by Gasteiger charge is -2.38. The number of quaternary nitrogens is 1. The summed E-state index contributed by atoms with van der Waals surface area (Å²) in [5.41, 5.74) is 2.22. The standard InChI is InChI=1S/C29H38N3O4S/c1-5-31(27(33)35-7-3)32(6-2,28(34)36-8-4)37-26-23-29(19-20-30-26,21-24-15-11-9-12-16-24)22-25-17-13-10-14-18-25/h9-18,20,23H,5-8,19,21-22H2,1-4H3/q+1. The van der Waals surface area contributed by atoms with Crippen LogP contribution in [0, 0.1) is 5.41 Å². The van der Waals surface area contributed by atoms with Crippen LogP contribution in [0.3, 0.4) is 0 Å². The number of benzene rings is 2. The summed E-state index contributed by atoms with van der Waals surface area (Å²) < 4.78 is 10.4. The molecule has 8 heteroatoms. The number of carbonyl (C=O) groups is 2. The van der Waals surface area contributed by atoms with Gasteiger partial charge in [0.2, 0.25) is 0 Å². The van der Waals surface area contributed by atoms with Gasteiger partial charge in [-0.1, -0.05) is 64.7 Å². The maximum Gasteiger partial charge on any atom is 0.554 e. The van der Waals surface area contributed by atoms with Gasteiger partial charge in [0, 0.05) is 11.6 Å². The Kier molecular flexibility index (Phi) is 10.3. The molecule has 198 valence electrons.